The topological polar surface area (TPSA) is 55.6 Å². The van der Waals surface area contributed by atoms with Gasteiger partial charge in [0.15, 0.2) is 0 Å². The maximum atomic E-state index is 12.6. The van der Waals surface area contributed by atoms with Crippen molar-refractivity contribution in [2.24, 2.45) is 0 Å². The Hall–Kier alpha value is -3.25. The lowest BCUT2D eigenvalue weighted by atomic mass is 10.2. The van der Waals surface area contributed by atoms with Crippen molar-refractivity contribution in [3.63, 3.8) is 0 Å². The average Bonchev–Trinajstić information content (AvgIpc) is 3.18. The minimum absolute atomic E-state index is 0.171. The van der Waals surface area contributed by atoms with Crippen molar-refractivity contribution < 1.29 is 9.53 Å². The van der Waals surface area contributed by atoms with Crippen molar-refractivity contribution in [1.82, 2.24) is 9.38 Å². The number of imidazole rings is 1. The summed E-state index contributed by atoms with van der Waals surface area (Å²) in [4.78, 5) is 18.3. The van der Waals surface area contributed by atoms with E-state index in [1.165, 1.54) is 0 Å². The maximum absolute atomic E-state index is 12.6. The number of thioether (sulfide) groups is 1. The van der Waals surface area contributed by atoms with Crippen LogP contribution in [0, 0.1) is 6.92 Å². The molecule has 0 fully saturated rings. The van der Waals surface area contributed by atoms with Gasteiger partial charge in [0.25, 0.3) is 5.91 Å². The van der Waals surface area contributed by atoms with Crippen LogP contribution in [0.1, 0.15) is 21.6 Å². The minimum atomic E-state index is -0.171. The monoisotopic (exact) mass is 403 g/mol. The second kappa shape index (κ2) is 8.41. The Bertz CT molecular complexity index is 1150. The number of anilines is 1. The molecule has 4 rings (SSSR count). The zero-order valence-electron chi connectivity index (χ0n) is 16.3. The molecular weight excluding hydrogens is 382 g/mol. The fraction of sp³-hybridized carbons (Fsp3) is 0.130. The number of fused-ring (bicyclic) bond motifs is 1. The Morgan fingerprint density at radius 1 is 1.14 bits per heavy atom. The minimum Gasteiger partial charge on any atom is -0.487 e. The van der Waals surface area contributed by atoms with Crippen LogP contribution >= 0.6 is 11.8 Å². The van der Waals surface area contributed by atoms with Gasteiger partial charge in [0.05, 0.1) is 5.69 Å². The fourth-order valence-corrected chi connectivity index (χ4v) is 3.44. The number of hydrogen-bond acceptors (Lipinski definition) is 4. The van der Waals surface area contributed by atoms with E-state index < -0.39 is 0 Å². The summed E-state index contributed by atoms with van der Waals surface area (Å²) in [7, 11) is 0. The van der Waals surface area contributed by atoms with E-state index in [9.17, 15) is 4.79 Å². The number of aryl methyl sites for hydroxylation is 1. The number of ether oxygens (including phenoxy) is 1. The molecule has 0 bridgehead atoms. The predicted molar refractivity (Wildman–Crippen MR) is 117 cm³/mol. The first-order valence-electron chi connectivity index (χ1n) is 9.24. The number of nitrogens with one attached hydrogen (secondary N) is 1. The van der Waals surface area contributed by atoms with Gasteiger partial charge in [-0.05, 0) is 67.3 Å². The number of carbonyl (C=O) groups excluding carboxylic acids is 1. The SMILES string of the molecule is CSc1ccc(NC(=O)c2cccc(OCc3cn4cccc(C)c4n3)c2)cc1. The molecule has 5 nitrogen and oxygen atoms in total. The van der Waals surface area contributed by atoms with Crippen LogP contribution in [0.15, 0.2) is 78.0 Å². The highest BCUT2D eigenvalue weighted by Gasteiger charge is 2.09. The van der Waals surface area contributed by atoms with Crippen LogP contribution in [0.3, 0.4) is 0 Å². The van der Waals surface area contributed by atoms with Gasteiger partial charge < -0.3 is 14.5 Å². The molecule has 2 heterocycles. The van der Waals surface area contributed by atoms with Crippen molar-refractivity contribution in [1.29, 1.82) is 0 Å². The van der Waals surface area contributed by atoms with Gasteiger partial charge in [-0.2, -0.15) is 0 Å². The molecule has 0 atom stereocenters. The molecule has 2 aromatic heterocycles. The Morgan fingerprint density at radius 3 is 2.72 bits per heavy atom. The normalized spacial score (nSPS) is 10.8. The summed E-state index contributed by atoms with van der Waals surface area (Å²) >= 11 is 1.66. The van der Waals surface area contributed by atoms with Gasteiger partial charge in [0.1, 0.15) is 18.0 Å². The lowest BCUT2D eigenvalue weighted by Gasteiger charge is -2.08. The van der Waals surface area contributed by atoms with Crippen LogP contribution in [-0.2, 0) is 6.61 Å². The van der Waals surface area contributed by atoms with Crippen molar-refractivity contribution in [3.05, 3.63) is 89.9 Å². The molecule has 0 aliphatic rings. The van der Waals surface area contributed by atoms with Crippen molar-refractivity contribution in [3.8, 4) is 5.75 Å². The molecular formula is C23H21N3O2S. The first kappa shape index (κ1) is 19.1. The van der Waals surface area contributed by atoms with Gasteiger partial charge in [-0.1, -0.05) is 12.1 Å². The van der Waals surface area contributed by atoms with E-state index >= 15 is 0 Å². The molecule has 1 N–H and O–H groups in total. The number of rotatable bonds is 6. The number of aromatic nitrogens is 2. The molecule has 29 heavy (non-hydrogen) atoms. The van der Waals surface area contributed by atoms with Gasteiger partial charge in [0, 0.05) is 28.5 Å². The average molecular weight is 404 g/mol. The van der Waals surface area contributed by atoms with E-state index in [0.717, 1.165) is 27.5 Å². The Kier molecular flexibility index (Phi) is 5.53. The third-order valence-electron chi connectivity index (χ3n) is 4.56. The zero-order valence-corrected chi connectivity index (χ0v) is 17.1. The smallest absolute Gasteiger partial charge is 0.255 e. The second-order valence-corrected chi connectivity index (χ2v) is 7.53. The zero-order chi connectivity index (χ0) is 20.2. The molecule has 0 saturated carbocycles. The summed E-state index contributed by atoms with van der Waals surface area (Å²) in [5.74, 6) is 0.458. The maximum Gasteiger partial charge on any atom is 0.255 e. The Balaban J connectivity index is 1.43. The predicted octanol–water partition coefficient (Wildman–Crippen LogP) is 5.20. The summed E-state index contributed by atoms with van der Waals surface area (Å²) in [6.07, 6.45) is 5.94. The van der Waals surface area contributed by atoms with Gasteiger partial charge in [-0.15, -0.1) is 11.8 Å². The van der Waals surface area contributed by atoms with Crippen molar-refractivity contribution >= 4 is 29.0 Å². The molecule has 1 amide bonds. The van der Waals surface area contributed by atoms with Crippen LogP contribution in [0.2, 0.25) is 0 Å². The van der Waals surface area contributed by atoms with Crippen molar-refractivity contribution in [2.45, 2.75) is 18.4 Å². The lowest BCUT2D eigenvalue weighted by Crippen LogP contribution is -2.11. The van der Waals surface area contributed by atoms with E-state index in [1.807, 2.05) is 78.5 Å². The third kappa shape index (κ3) is 4.43. The van der Waals surface area contributed by atoms with Gasteiger partial charge >= 0.3 is 0 Å². The van der Waals surface area contributed by atoms with Crippen molar-refractivity contribution in [2.75, 3.05) is 11.6 Å². The number of carbonyl (C=O) groups is 1. The molecule has 2 aromatic carbocycles. The van der Waals surface area contributed by atoms with Crippen LogP contribution in [0.25, 0.3) is 5.65 Å². The highest BCUT2D eigenvalue weighted by molar-refractivity contribution is 7.98. The molecule has 0 unspecified atom stereocenters. The number of benzene rings is 2. The quantitative estimate of drug-likeness (QED) is 0.450. The number of nitrogens with zero attached hydrogens (tertiary/aromatic N) is 2. The highest BCUT2D eigenvalue weighted by atomic mass is 32.2. The highest BCUT2D eigenvalue weighted by Crippen LogP contribution is 2.20. The van der Waals surface area contributed by atoms with Crippen LogP contribution in [0.4, 0.5) is 5.69 Å². The molecule has 0 spiro atoms. The van der Waals surface area contributed by atoms with Gasteiger partial charge in [0.2, 0.25) is 0 Å². The summed E-state index contributed by atoms with van der Waals surface area (Å²) < 4.78 is 7.86. The van der Waals surface area contributed by atoms with Crippen LogP contribution in [-0.4, -0.2) is 21.5 Å². The first-order valence-corrected chi connectivity index (χ1v) is 10.5. The number of hydrogen-bond donors (Lipinski definition) is 1. The second-order valence-electron chi connectivity index (χ2n) is 6.65. The lowest BCUT2D eigenvalue weighted by molar-refractivity contribution is 0.102. The van der Waals surface area contributed by atoms with E-state index in [4.69, 9.17) is 4.74 Å². The summed E-state index contributed by atoms with van der Waals surface area (Å²) in [6, 6.07) is 19.0. The molecule has 6 heteroatoms. The molecule has 0 saturated heterocycles. The van der Waals surface area contributed by atoms with E-state index in [0.29, 0.717) is 17.9 Å². The molecule has 0 aliphatic carbocycles. The van der Waals surface area contributed by atoms with Gasteiger partial charge in [-0.25, -0.2) is 4.98 Å². The molecule has 146 valence electrons. The third-order valence-corrected chi connectivity index (χ3v) is 5.30. The van der Waals surface area contributed by atoms with Gasteiger partial charge in [-0.3, -0.25) is 4.79 Å². The Labute approximate surface area is 173 Å². The van der Waals surface area contributed by atoms with Crippen LogP contribution in [0.5, 0.6) is 5.75 Å². The van der Waals surface area contributed by atoms with E-state index in [1.54, 1.807) is 23.9 Å². The number of amides is 1. The van der Waals surface area contributed by atoms with Crippen LogP contribution < -0.4 is 10.1 Å². The van der Waals surface area contributed by atoms with E-state index in [2.05, 4.69) is 10.3 Å². The molecule has 4 aromatic rings. The Morgan fingerprint density at radius 2 is 1.97 bits per heavy atom. The fourth-order valence-electron chi connectivity index (χ4n) is 3.04. The summed E-state index contributed by atoms with van der Waals surface area (Å²) in [6.45, 7) is 2.37. The summed E-state index contributed by atoms with van der Waals surface area (Å²) in [5.41, 5.74) is 4.18. The molecule has 0 radical (unpaired) electrons. The van der Waals surface area contributed by atoms with E-state index in [-0.39, 0.29) is 5.91 Å². The largest absolute Gasteiger partial charge is 0.487 e. The summed E-state index contributed by atoms with van der Waals surface area (Å²) in [5, 5.41) is 2.92. The first-order chi connectivity index (χ1) is 14.1. The standard InChI is InChI=1S/C23H21N3O2S/c1-16-5-4-12-26-14-19(24-22(16)26)15-28-20-7-3-6-17(13-20)23(27)25-18-8-10-21(29-2)11-9-18/h3-14H,15H2,1-2H3,(H,25,27). The molecule has 0 aliphatic heterocycles. The number of pyridine rings is 1.